The zero-order valence-electron chi connectivity index (χ0n) is 16.1. The van der Waals surface area contributed by atoms with E-state index in [4.69, 9.17) is 33.7 Å². The molecule has 154 valence electrons. The first-order valence-electron chi connectivity index (χ1n) is 9.05. The highest BCUT2D eigenvalue weighted by atomic mass is 35.5. The molecule has 3 aromatic rings. The summed E-state index contributed by atoms with van der Waals surface area (Å²) in [4.78, 5) is 24.0. The average molecular weight is 444 g/mol. The van der Waals surface area contributed by atoms with Crippen molar-refractivity contribution >= 4 is 41.2 Å². The number of primary amides is 1. The SMILES string of the molecule is Cc1nn(Cc2ccc(Cl)cc2)c(Cl)c1/C=C/C(=O)O[C@H](C(N)=O)c1ccccc1. The van der Waals surface area contributed by atoms with Gasteiger partial charge in [0.05, 0.1) is 12.2 Å². The summed E-state index contributed by atoms with van der Waals surface area (Å²) in [5.41, 5.74) is 8.08. The monoisotopic (exact) mass is 443 g/mol. The van der Waals surface area contributed by atoms with Gasteiger partial charge in [0.2, 0.25) is 6.10 Å². The lowest BCUT2D eigenvalue weighted by Crippen LogP contribution is -2.25. The molecule has 0 unspecified atom stereocenters. The molecule has 0 aliphatic rings. The maximum absolute atomic E-state index is 12.3. The lowest BCUT2D eigenvalue weighted by molar-refractivity contribution is -0.150. The van der Waals surface area contributed by atoms with Crippen LogP contribution in [0.3, 0.4) is 0 Å². The Morgan fingerprint density at radius 2 is 1.80 bits per heavy atom. The Hall–Kier alpha value is -3.09. The van der Waals surface area contributed by atoms with Crippen LogP contribution in [0, 0.1) is 6.92 Å². The van der Waals surface area contributed by atoms with Crippen LogP contribution in [0.25, 0.3) is 6.08 Å². The van der Waals surface area contributed by atoms with E-state index in [-0.39, 0.29) is 0 Å². The first kappa shape index (κ1) is 21.6. The fourth-order valence-corrected chi connectivity index (χ4v) is 3.27. The molecular weight excluding hydrogens is 425 g/mol. The van der Waals surface area contributed by atoms with Crippen molar-refractivity contribution in [1.82, 2.24) is 9.78 Å². The second kappa shape index (κ2) is 9.61. The molecule has 0 fully saturated rings. The van der Waals surface area contributed by atoms with E-state index in [2.05, 4.69) is 5.10 Å². The molecule has 2 aromatic carbocycles. The molecule has 1 atom stereocenters. The van der Waals surface area contributed by atoms with Crippen LogP contribution in [0.5, 0.6) is 0 Å². The number of nitrogens with two attached hydrogens (primary N) is 1. The molecular formula is C22H19Cl2N3O3. The maximum Gasteiger partial charge on any atom is 0.331 e. The van der Waals surface area contributed by atoms with Crippen LogP contribution in [-0.4, -0.2) is 21.7 Å². The minimum absolute atomic E-state index is 0.376. The summed E-state index contributed by atoms with van der Waals surface area (Å²) in [6, 6.07) is 15.9. The number of hydrogen-bond donors (Lipinski definition) is 1. The number of carbonyl (C=O) groups excluding carboxylic acids is 2. The van der Waals surface area contributed by atoms with Gasteiger partial charge in [-0.05, 0) is 30.7 Å². The minimum Gasteiger partial charge on any atom is -0.444 e. The van der Waals surface area contributed by atoms with Crippen molar-refractivity contribution in [3.05, 3.63) is 93.2 Å². The van der Waals surface area contributed by atoms with E-state index >= 15 is 0 Å². The third-order valence-electron chi connectivity index (χ3n) is 4.34. The quantitative estimate of drug-likeness (QED) is 0.434. The zero-order chi connectivity index (χ0) is 21.7. The summed E-state index contributed by atoms with van der Waals surface area (Å²) < 4.78 is 6.86. The smallest absolute Gasteiger partial charge is 0.331 e. The highest BCUT2D eigenvalue weighted by molar-refractivity contribution is 6.31. The van der Waals surface area contributed by atoms with Gasteiger partial charge in [-0.25, -0.2) is 9.48 Å². The number of aromatic nitrogens is 2. The first-order valence-corrected chi connectivity index (χ1v) is 9.81. The van der Waals surface area contributed by atoms with Crippen molar-refractivity contribution in [3.8, 4) is 0 Å². The van der Waals surface area contributed by atoms with Gasteiger partial charge in [0.1, 0.15) is 5.15 Å². The van der Waals surface area contributed by atoms with E-state index in [1.165, 1.54) is 12.2 Å². The Labute approximate surface area is 183 Å². The third-order valence-corrected chi connectivity index (χ3v) is 4.99. The number of aryl methyl sites for hydroxylation is 1. The number of rotatable bonds is 7. The largest absolute Gasteiger partial charge is 0.444 e. The van der Waals surface area contributed by atoms with Crippen LogP contribution in [0.4, 0.5) is 0 Å². The van der Waals surface area contributed by atoms with Crippen molar-refractivity contribution in [2.75, 3.05) is 0 Å². The molecule has 6 nitrogen and oxygen atoms in total. The molecule has 8 heteroatoms. The summed E-state index contributed by atoms with van der Waals surface area (Å²) in [6.07, 6.45) is 1.53. The Balaban J connectivity index is 1.73. The topological polar surface area (TPSA) is 87.2 Å². The molecule has 2 N–H and O–H groups in total. The fraction of sp³-hybridized carbons (Fsp3) is 0.136. The van der Waals surface area contributed by atoms with Crippen molar-refractivity contribution in [2.24, 2.45) is 5.73 Å². The van der Waals surface area contributed by atoms with Gasteiger partial charge in [0.25, 0.3) is 5.91 Å². The summed E-state index contributed by atoms with van der Waals surface area (Å²) in [6.45, 7) is 2.23. The second-order valence-corrected chi connectivity index (χ2v) is 7.33. The fourth-order valence-electron chi connectivity index (χ4n) is 2.85. The third kappa shape index (κ3) is 5.28. The highest BCUT2D eigenvalue weighted by Crippen LogP contribution is 2.23. The molecule has 0 aliphatic carbocycles. The predicted molar refractivity (Wildman–Crippen MR) is 116 cm³/mol. The first-order chi connectivity index (χ1) is 14.3. The molecule has 0 bridgehead atoms. The molecule has 1 heterocycles. The van der Waals surface area contributed by atoms with Gasteiger partial charge < -0.3 is 10.5 Å². The Kier molecular flexibility index (Phi) is 6.92. The normalized spacial score (nSPS) is 12.1. The molecule has 1 amide bonds. The van der Waals surface area contributed by atoms with Gasteiger partial charge >= 0.3 is 5.97 Å². The van der Waals surface area contributed by atoms with Gasteiger partial charge in [-0.2, -0.15) is 5.10 Å². The molecule has 1 aromatic heterocycles. The molecule has 0 radical (unpaired) electrons. The lowest BCUT2D eigenvalue weighted by Gasteiger charge is -2.13. The van der Waals surface area contributed by atoms with E-state index in [1.54, 1.807) is 54.1 Å². The zero-order valence-corrected chi connectivity index (χ0v) is 17.6. The number of nitrogens with zero attached hydrogens (tertiary/aromatic N) is 2. The molecule has 0 saturated heterocycles. The molecule has 0 spiro atoms. The Bertz CT molecular complexity index is 1080. The number of halogens is 2. The standard InChI is InChI=1S/C22H19Cl2N3O3/c1-14-18(21(24)27(26-14)13-15-7-9-17(23)10-8-15)11-12-19(28)30-20(22(25)29)16-5-3-2-4-6-16/h2-12,20H,13H2,1H3,(H2,25,29)/b12-11+/t20-/m0/s1. The van der Waals surface area contributed by atoms with Crippen LogP contribution in [0.2, 0.25) is 10.2 Å². The Morgan fingerprint density at radius 3 is 2.43 bits per heavy atom. The van der Waals surface area contributed by atoms with Crippen LogP contribution >= 0.6 is 23.2 Å². The van der Waals surface area contributed by atoms with Crippen LogP contribution in [-0.2, 0) is 20.9 Å². The Morgan fingerprint density at radius 1 is 1.13 bits per heavy atom. The number of carbonyl (C=O) groups is 2. The van der Waals surface area contributed by atoms with Crippen molar-refractivity contribution in [2.45, 2.75) is 19.6 Å². The number of ether oxygens (including phenoxy) is 1. The second-order valence-electron chi connectivity index (χ2n) is 6.54. The van der Waals surface area contributed by atoms with Crippen LogP contribution in [0.1, 0.15) is 28.5 Å². The summed E-state index contributed by atoms with van der Waals surface area (Å²) in [7, 11) is 0. The maximum atomic E-state index is 12.3. The number of benzene rings is 2. The van der Waals surface area contributed by atoms with Crippen molar-refractivity contribution in [3.63, 3.8) is 0 Å². The number of amides is 1. The van der Waals surface area contributed by atoms with Crippen molar-refractivity contribution in [1.29, 1.82) is 0 Å². The average Bonchev–Trinajstić information content (AvgIpc) is 2.99. The van der Waals surface area contributed by atoms with Crippen LogP contribution in [0.15, 0.2) is 60.7 Å². The summed E-state index contributed by atoms with van der Waals surface area (Å²) >= 11 is 12.4. The number of hydrogen-bond acceptors (Lipinski definition) is 4. The van der Waals surface area contributed by atoms with E-state index in [9.17, 15) is 9.59 Å². The van der Waals surface area contributed by atoms with Crippen molar-refractivity contribution < 1.29 is 14.3 Å². The molecule has 0 aliphatic heterocycles. The van der Waals surface area contributed by atoms with Gasteiger partial charge in [-0.1, -0.05) is 65.7 Å². The highest BCUT2D eigenvalue weighted by Gasteiger charge is 2.21. The lowest BCUT2D eigenvalue weighted by atomic mass is 10.1. The van der Waals surface area contributed by atoms with E-state index in [0.717, 1.165) is 5.56 Å². The minimum atomic E-state index is -1.17. The molecule has 0 saturated carbocycles. The van der Waals surface area contributed by atoms with Gasteiger partial charge in [-0.15, -0.1) is 0 Å². The van der Waals surface area contributed by atoms with E-state index in [1.807, 2.05) is 12.1 Å². The number of esters is 1. The van der Waals surface area contributed by atoms with Gasteiger partial charge in [-0.3, -0.25) is 4.79 Å². The van der Waals surface area contributed by atoms with Gasteiger partial charge in [0.15, 0.2) is 0 Å². The molecule has 3 rings (SSSR count). The van der Waals surface area contributed by atoms with Gasteiger partial charge in [0, 0.05) is 22.2 Å². The van der Waals surface area contributed by atoms with E-state index in [0.29, 0.717) is 33.5 Å². The summed E-state index contributed by atoms with van der Waals surface area (Å²) in [5.74, 6) is -1.48. The molecule has 30 heavy (non-hydrogen) atoms. The van der Waals surface area contributed by atoms with E-state index < -0.39 is 18.0 Å². The predicted octanol–water partition coefficient (Wildman–Crippen LogP) is 4.33. The summed E-state index contributed by atoms with van der Waals surface area (Å²) in [5, 5.41) is 5.44. The van der Waals surface area contributed by atoms with Crippen LogP contribution < -0.4 is 5.73 Å².